The van der Waals surface area contributed by atoms with Crippen LogP contribution in [0.15, 0.2) is 35.2 Å². The Balaban J connectivity index is 2.13. The molecule has 2 rings (SSSR count). The molecule has 27 heavy (non-hydrogen) atoms. The average Bonchev–Trinajstić information content (AvgIpc) is 2.66. The van der Waals surface area contributed by atoms with E-state index in [4.69, 9.17) is 18.9 Å². The van der Waals surface area contributed by atoms with Crippen LogP contribution in [-0.4, -0.2) is 43.4 Å². The molecule has 0 radical (unpaired) electrons. The number of methoxy groups -OCH3 is 4. The summed E-state index contributed by atoms with van der Waals surface area (Å²) in [7, 11) is 2.53. The molecule has 7 nitrogen and oxygen atoms in total. The minimum atomic E-state index is -3.62. The van der Waals surface area contributed by atoms with Crippen LogP contribution in [0.5, 0.6) is 23.0 Å². The van der Waals surface area contributed by atoms with E-state index in [1.165, 1.54) is 27.4 Å². The summed E-state index contributed by atoms with van der Waals surface area (Å²) in [6, 6.07) is 8.45. The number of nitrogens with one attached hydrogen (secondary N) is 1. The number of hydrogen-bond donors (Lipinski definition) is 1. The van der Waals surface area contributed by atoms with E-state index in [0.717, 1.165) is 5.56 Å². The molecule has 0 saturated carbocycles. The zero-order valence-electron chi connectivity index (χ0n) is 16.2. The predicted molar refractivity (Wildman–Crippen MR) is 103 cm³/mol. The Morgan fingerprint density at radius 1 is 0.889 bits per heavy atom. The summed E-state index contributed by atoms with van der Waals surface area (Å²) >= 11 is 0. The molecule has 0 aliphatic carbocycles. The number of rotatable bonds is 9. The first-order valence-electron chi connectivity index (χ1n) is 8.29. The van der Waals surface area contributed by atoms with Gasteiger partial charge >= 0.3 is 0 Å². The lowest BCUT2D eigenvalue weighted by molar-refractivity contribution is 0.324. The van der Waals surface area contributed by atoms with Crippen LogP contribution < -0.4 is 23.7 Å². The van der Waals surface area contributed by atoms with Crippen LogP contribution in [0, 0.1) is 6.92 Å². The van der Waals surface area contributed by atoms with Crippen molar-refractivity contribution >= 4 is 10.0 Å². The third-order valence-corrected chi connectivity index (χ3v) is 5.72. The molecule has 0 amide bonds. The van der Waals surface area contributed by atoms with Gasteiger partial charge in [0.25, 0.3) is 0 Å². The van der Waals surface area contributed by atoms with Gasteiger partial charge < -0.3 is 18.9 Å². The monoisotopic (exact) mass is 395 g/mol. The Kier molecular flexibility index (Phi) is 6.92. The lowest BCUT2D eigenvalue weighted by Gasteiger charge is -2.14. The molecule has 0 atom stereocenters. The van der Waals surface area contributed by atoms with Gasteiger partial charge in [-0.25, -0.2) is 13.1 Å². The number of hydrogen-bond acceptors (Lipinski definition) is 6. The van der Waals surface area contributed by atoms with Gasteiger partial charge in [-0.15, -0.1) is 0 Å². The summed E-state index contributed by atoms with van der Waals surface area (Å²) in [5.41, 5.74) is 1.48. The topological polar surface area (TPSA) is 83.1 Å². The third-order valence-electron chi connectivity index (χ3n) is 4.10. The van der Waals surface area contributed by atoms with Crippen molar-refractivity contribution in [2.24, 2.45) is 0 Å². The molecule has 0 aliphatic heterocycles. The van der Waals surface area contributed by atoms with Gasteiger partial charge in [0.2, 0.25) is 15.8 Å². The van der Waals surface area contributed by atoms with Crippen LogP contribution in [-0.2, 0) is 16.4 Å². The quantitative estimate of drug-likeness (QED) is 0.703. The molecule has 0 spiro atoms. The van der Waals surface area contributed by atoms with Gasteiger partial charge in [0.1, 0.15) is 5.75 Å². The molecule has 1 N–H and O–H groups in total. The highest BCUT2D eigenvalue weighted by Crippen LogP contribution is 2.38. The van der Waals surface area contributed by atoms with Crippen LogP contribution >= 0.6 is 0 Å². The molecule has 2 aromatic carbocycles. The van der Waals surface area contributed by atoms with E-state index in [1.54, 1.807) is 38.3 Å². The Hall–Kier alpha value is -2.45. The Bertz CT molecular complexity index is 870. The smallest absolute Gasteiger partial charge is 0.240 e. The lowest BCUT2D eigenvalue weighted by atomic mass is 10.1. The highest BCUT2D eigenvalue weighted by Gasteiger charge is 2.18. The molecule has 0 heterocycles. The molecule has 8 heteroatoms. The molecule has 0 saturated heterocycles. The largest absolute Gasteiger partial charge is 0.497 e. The molecule has 0 aliphatic rings. The van der Waals surface area contributed by atoms with Crippen molar-refractivity contribution in [3.05, 3.63) is 41.5 Å². The van der Waals surface area contributed by atoms with E-state index in [-0.39, 0.29) is 11.4 Å². The summed E-state index contributed by atoms with van der Waals surface area (Å²) in [6.07, 6.45) is 0.463. The molecule has 0 bridgehead atoms. The van der Waals surface area contributed by atoms with E-state index < -0.39 is 10.0 Å². The van der Waals surface area contributed by atoms with E-state index in [2.05, 4.69) is 4.72 Å². The van der Waals surface area contributed by atoms with Crippen molar-refractivity contribution in [1.29, 1.82) is 0 Å². The Morgan fingerprint density at radius 2 is 1.52 bits per heavy atom. The molecule has 148 valence electrons. The van der Waals surface area contributed by atoms with Crippen molar-refractivity contribution in [2.45, 2.75) is 18.2 Å². The summed E-state index contributed by atoms with van der Waals surface area (Å²) in [5.74, 6) is 2.17. The number of ether oxygens (including phenoxy) is 4. The lowest BCUT2D eigenvalue weighted by Crippen LogP contribution is -2.26. The van der Waals surface area contributed by atoms with Crippen LogP contribution in [0.1, 0.15) is 11.1 Å². The van der Waals surface area contributed by atoms with Crippen LogP contribution in [0.25, 0.3) is 0 Å². The van der Waals surface area contributed by atoms with Crippen molar-refractivity contribution in [3.63, 3.8) is 0 Å². The molecular formula is C19H25NO6S. The van der Waals surface area contributed by atoms with Gasteiger partial charge in [0.15, 0.2) is 11.5 Å². The van der Waals surface area contributed by atoms with Gasteiger partial charge in [-0.05, 0) is 54.8 Å². The summed E-state index contributed by atoms with van der Waals surface area (Å²) < 4.78 is 48.8. The second-order valence-electron chi connectivity index (χ2n) is 5.81. The minimum Gasteiger partial charge on any atom is -0.497 e. The molecule has 0 aromatic heterocycles. The summed E-state index contributed by atoms with van der Waals surface area (Å²) in [6.45, 7) is 1.96. The first-order valence-corrected chi connectivity index (χ1v) is 9.77. The fraction of sp³-hybridized carbons (Fsp3) is 0.368. The van der Waals surface area contributed by atoms with Crippen molar-refractivity contribution in [2.75, 3.05) is 35.0 Å². The van der Waals surface area contributed by atoms with Crippen molar-refractivity contribution in [1.82, 2.24) is 4.72 Å². The van der Waals surface area contributed by atoms with Crippen LogP contribution in [0.2, 0.25) is 0 Å². The number of sulfonamides is 1. The Labute approximate surface area is 160 Å². The molecule has 0 unspecified atom stereocenters. The van der Waals surface area contributed by atoms with Gasteiger partial charge in [0, 0.05) is 6.54 Å². The second kappa shape index (κ2) is 8.96. The van der Waals surface area contributed by atoms with Crippen LogP contribution in [0.3, 0.4) is 0 Å². The maximum Gasteiger partial charge on any atom is 0.240 e. The highest BCUT2D eigenvalue weighted by molar-refractivity contribution is 7.89. The zero-order chi connectivity index (χ0) is 20.0. The fourth-order valence-electron chi connectivity index (χ4n) is 2.74. The fourth-order valence-corrected chi connectivity index (χ4v) is 3.99. The van der Waals surface area contributed by atoms with E-state index in [9.17, 15) is 8.42 Å². The maximum atomic E-state index is 12.6. The number of aryl methyl sites for hydroxylation is 1. The molecular weight excluding hydrogens is 370 g/mol. The SMILES string of the molecule is COc1ccc(S(=O)(=O)NCCc2cc(OC)c(OC)c(OC)c2)c(C)c1. The maximum absolute atomic E-state index is 12.6. The summed E-state index contributed by atoms with van der Waals surface area (Å²) in [4.78, 5) is 0.230. The summed E-state index contributed by atoms with van der Waals surface area (Å²) in [5, 5.41) is 0. The highest BCUT2D eigenvalue weighted by atomic mass is 32.2. The van der Waals surface area contributed by atoms with E-state index in [0.29, 0.717) is 35.0 Å². The first-order chi connectivity index (χ1) is 12.9. The normalized spacial score (nSPS) is 11.1. The predicted octanol–water partition coefficient (Wildman–Crippen LogP) is 2.55. The average molecular weight is 395 g/mol. The standard InChI is InChI=1S/C19H25NO6S/c1-13-10-15(23-2)6-7-18(13)27(21,22)20-9-8-14-11-16(24-3)19(26-5)17(12-14)25-4/h6-7,10-12,20H,8-9H2,1-5H3. The Morgan fingerprint density at radius 3 is 2.00 bits per heavy atom. The van der Waals surface area contributed by atoms with E-state index in [1.807, 2.05) is 0 Å². The van der Waals surface area contributed by atoms with Gasteiger partial charge in [-0.1, -0.05) is 0 Å². The van der Waals surface area contributed by atoms with Crippen molar-refractivity contribution < 1.29 is 27.4 Å². The van der Waals surface area contributed by atoms with E-state index >= 15 is 0 Å². The van der Waals surface area contributed by atoms with Gasteiger partial charge in [-0.3, -0.25) is 0 Å². The molecule has 0 fully saturated rings. The minimum absolute atomic E-state index is 0.229. The molecule has 2 aromatic rings. The second-order valence-corrected chi connectivity index (χ2v) is 7.55. The first kappa shape index (κ1) is 20.9. The zero-order valence-corrected chi connectivity index (χ0v) is 17.0. The van der Waals surface area contributed by atoms with Crippen molar-refractivity contribution in [3.8, 4) is 23.0 Å². The van der Waals surface area contributed by atoms with Crippen LogP contribution in [0.4, 0.5) is 0 Å². The van der Waals surface area contributed by atoms with Gasteiger partial charge in [0.05, 0.1) is 33.3 Å². The number of benzene rings is 2. The third kappa shape index (κ3) is 4.84. The van der Waals surface area contributed by atoms with Gasteiger partial charge in [-0.2, -0.15) is 0 Å².